The van der Waals surface area contributed by atoms with Gasteiger partial charge in [-0.25, -0.2) is 20.8 Å². The minimum Gasteiger partial charge on any atom is -0.353 e. The molecule has 1 aromatic heterocycles. The molecule has 0 saturated carbocycles. The summed E-state index contributed by atoms with van der Waals surface area (Å²) in [6, 6.07) is 10.0. The summed E-state index contributed by atoms with van der Waals surface area (Å²) in [6.07, 6.45) is 4.07. The van der Waals surface area contributed by atoms with E-state index in [9.17, 15) is 4.79 Å². The van der Waals surface area contributed by atoms with Crippen LogP contribution in [-0.2, 0) is 4.79 Å². The lowest BCUT2D eigenvalue weighted by Gasteiger charge is -2.11. The molecular weight excluding hydrogens is 304 g/mol. The monoisotopic (exact) mass is 326 g/mol. The summed E-state index contributed by atoms with van der Waals surface area (Å²) >= 11 is 0. The molecule has 3 rings (SSSR count). The Kier molecular flexibility index (Phi) is 5.35. The molecule has 2 heterocycles. The fraction of sp³-hybridized carbons (Fsp3) is 0.353. The summed E-state index contributed by atoms with van der Waals surface area (Å²) in [7, 11) is 0. The Labute approximate surface area is 141 Å². The number of carbonyl (C=O) groups is 1. The Morgan fingerprint density at radius 1 is 1.17 bits per heavy atom. The third-order valence-electron chi connectivity index (χ3n) is 3.97. The normalized spacial score (nSPS) is 19.9. The van der Waals surface area contributed by atoms with E-state index in [2.05, 4.69) is 62.6 Å². The molecule has 2 atom stereocenters. The van der Waals surface area contributed by atoms with Gasteiger partial charge in [0.1, 0.15) is 6.04 Å². The summed E-state index contributed by atoms with van der Waals surface area (Å²) in [5.41, 5.74) is 8.68. The van der Waals surface area contributed by atoms with Crippen molar-refractivity contribution < 1.29 is 4.79 Å². The van der Waals surface area contributed by atoms with E-state index in [4.69, 9.17) is 0 Å². The van der Waals surface area contributed by atoms with Gasteiger partial charge in [0, 0.05) is 31.5 Å². The molecule has 4 N–H and O–H groups in total. The predicted molar refractivity (Wildman–Crippen MR) is 92.1 cm³/mol. The fourth-order valence-corrected chi connectivity index (χ4v) is 2.62. The molecule has 0 radical (unpaired) electrons. The van der Waals surface area contributed by atoms with E-state index >= 15 is 0 Å². The molecule has 1 amide bonds. The van der Waals surface area contributed by atoms with Crippen LogP contribution in [0.25, 0.3) is 0 Å². The van der Waals surface area contributed by atoms with Crippen molar-refractivity contribution in [1.82, 2.24) is 26.1 Å². The van der Waals surface area contributed by atoms with E-state index in [1.54, 1.807) is 18.5 Å². The summed E-state index contributed by atoms with van der Waals surface area (Å²) < 4.78 is 0. The quantitative estimate of drug-likeness (QED) is 0.590. The number of nitrogens with zero attached hydrogens (tertiary/aromatic N) is 2. The average molecular weight is 326 g/mol. The van der Waals surface area contributed by atoms with Crippen molar-refractivity contribution in [3.63, 3.8) is 0 Å². The SMILES string of the molecule is Cc1ccc(C2CC(C(=O)NCCNc3ncccn3)NN2)cc1. The zero-order valence-corrected chi connectivity index (χ0v) is 13.6. The smallest absolute Gasteiger partial charge is 0.238 e. The summed E-state index contributed by atoms with van der Waals surface area (Å²) in [5, 5.41) is 5.97. The van der Waals surface area contributed by atoms with Crippen molar-refractivity contribution in [1.29, 1.82) is 0 Å². The van der Waals surface area contributed by atoms with E-state index in [1.165, 1.54) is 11.1 Å². The molecule has 2 aromatic rings. The number of aryl methyl sites for hydroxylation is 1. The minimum absolute atomic E-state index is 0.00658. The number of aromatic nitrogens is 2. The first-order valence-corrected chi connectivity index (χ1v) is 8.08. The van der Waals surface area contributed by atoms with Gasteiger partial charge in [0.05, 0.1) is 0 Å². The Bertz CT molecular complexity index is 661. The van der Waals surface area contributed by atoms with Crippen LogP contribution in [0.2, 0.25) is 0 Å². The highest BCUT2D eigenvalue weighted by Crippen LogP contribution is 2.22. The molecule has 1 saturated heterocycles. The Morgan fingerprint density at radius 3 is 2.67 bits per heavy atom. The molecule has 126 valence electrons. The zero-order valence-electron chi connectivity index (χ0n) is 13.6. The van der Waals surface area contributed by atoms with E-state index in [-0.39, 0.29) is 18.0 Å². The second-order valence-electron chi connectivity index (χ2n) is 5.83. The third-order valence-corrected chi connectivity index (χ3v) is 3.97. The maximum atomic E-state index is 12.2. The van der Waals surface area contributed by atoms with Crippen LogP contribution < -0.4 is 21.5 Å². The van der Waals surface area contributed by atoms with Gasteiger partial charge in [0.2, 0.25) is 11.9 Å². The first-order valence-electron chi connectivity index (χ1n) is 8.08. The second-order valence-corrected chi connectivity index (χ2v) is 5.83. The number of hydrazine groups is 1. The lowest BCUT2D eigenvalue weighted by molar-refractivity contribution is -0.122. The molecule has 1 aliphatic heterocycles. The van der Waals surface area contributed by atoms with E-state index in [0.29, 0.717) is 19.0 Å². The molecule has 1 fully saturated rings. The van der Waals surface area contributed by atoms with Gasteiger partial charge in [-0.1, -0.05) is 29.8 Å². The highest BCUT2D eigenvalue weighted by Gasteiger charge is 2.29. The van der Waals surface area contributed by atoms with E-state index in [0.717, 1.165) is 6.42 Å². The van der Waals surface area contributed by atoms with E-state index in [1.807, 2.05) is 0 Å². The number of amides is 1. The molecule has 1 aliphatic rings. The summed E-state index contributed by atoms with van der Waals surface area (Å²) in [5.74, 6) is 0.555. The molecule has 24 heavy (non-hydrogen) atoms. The fourth-order valence-electron chi connectivity index (χ4n) is 2.62. The van der Waals surface area contributed by atoms with Crippen molar-refractivity contribution in [2.75, 3.05) is 18.4 Å². The van der Waals surface area contributed by atoms with Gasteiger partial charge in [0.15, 0.2) is 0 Å². The van der Waals surface area contributed by atoms with Gasteiger partial charge in [-0.05, 0) is 25.0 Å². The summed E-state index contributed by atoms with van der Waals surface area (Å²) in [4.78, 5) is 20.3. The molecular formula is C17H22N6O. The Hall–Kier alpha value is -2.51. The van der Waals surface area contributed by atoms with Crippen molar-refractivity contribution >= 4 is 11.9 Å². The number of nitrogens with one attached hydrogen (secondary N) is 4. The third kappa shape index (κ3) is 4.27. The van der Waals surface area contributed by atoms with Gasteiger partial charge in [-0.3, -0.25) is 4.79 Å². The predicted octanol–water partition coefficient (Wildman–Crippen LogP) is 0.921. The van der Waals surface area contributed by atoms with Crippen LogP contribution in [-0.4, -0.2) is 35.0 Å². The van der Waals surface area contributed by atoms with Gasteiger partial charge < -0.3 is 10.6 Å². The number of carbonyl (C=O) groups excluding carboxylic acids is 1. The van der Waals surface area contributed by atoms with Crippen LogP contribution >= 0.6 is 0 Å². The molecule has 7 nitrogen and oxygen atoms in total. The minimum atomic E-state index is -0.232. The molecule has 0 aliphatic carbocycles. The largest absolute Gasteiger partial charge is 0.353 e. The van der Waals surface area contributed by atoms with Crippen LogP contribution in [0, 0.1) is 6.92 Å². The lowest BCUT2D eigenvalue weighted by atomic mass is 10.0. The molecule has 0 spiro atoms. The van der Waals surface area contributed by atoms with Crippen LogP contribution in [0.15, 0.2) is 42.7 Å². The van der Waals surface area contributed by atoms with Crippen molar-refractivity contribution in [2.24, 2.45) is 0 Å². The lowest BCUT2D eigenvalue weighted by Crippen LogP contribution is -2.44. The van der Waals surface area contributed by atoms with E-state index < -0.39 is 0 Å². The number of hydrogen-bond donors (Lipinski definition) is 4. The molecule has 0 bridgehead atoms. The van der Waals surface area contributed by atoms with Gasteiger partial charge in [-0.2, -0.15) is 0 Å². The maximum Gasteiger partial charge on any atom is 0.238 e. The number of rotatable bonds is 6. The van der Waals surface area contributed by atoms with Crippen molar-refractivity contribution in [2.45, 2.75) is 25.4 Å². The van der Waals surface area contributed by atoms with Crippen LogP contribution in [0.3, 0.4) is 0 Å². The highest BCUT2D eigenvalue weighted by molar-refractivity contribution is 5.82. The van der Waals surface area contributed by atoms with Crippen molar-refractivity contribution in [3.05, 3.63) is 53.9 Å². The highest BCUT2D eigenvalue weighted by atomic mass is 16.2. The van der Waals surface area contributed by atoms with Crippen molar-refractivity contribution in [3.8, 4) is 0 Å². The maximum absolute atomic E-state index is 12.2. The molecule has 2 unspecified atom stereocenters. The molecule has 1 aromatic carbocycles. The topological polar surface area (TPSA) is 91.0 Å². The summed E-state index contributed by atoms with van der Waals surface area (Å²) in [6.45, 7) is 3.16. The molecule has 7 heteroatoms. The van der Waals surface area contributed by atoms with Gasteiger partial charge >= 0.3 is 0 Å². The average Bonchev–Trinajstić information content (AvgIpc) is 3.10. The number of benzene rings is 1. The van der Waals surface area contributed by atoms with Crippen LogP contribution in [0.5, 0.6) is 0 Å². The van der Waals surface area contributed by atoms with Gasteiger partial charge in [-0.15, -0.1) is 0 Å². The zero-order chi connectivity index (χ0) is 16.8. The van der Waals surface area contributed by atoms with Gasteiger partial charge in [0.25, 0.3) is 0 Å². The number of anilines is 1. The van der Waals surface area contributed by atoms with Crippen LogP contribution in [0.4, 0.5) is 5.95 Å². The Balaban J connectivity index is 1.40. The standard InChI is InChI=1S/C17H22N6O/c1-12-3-5-13(6-4-12)14-11-15(23-22-14)16(24)18-9-10-21-17-19-7-2-8-20-17/h2-8,14-15,22-23H,9-11H2,1H3,(H,18,24)(H,19,20,21). The van der Waals surface area contributed by atoms with Crippen LogP contribution in [0.1, 0.15) is 23.6 Å². The first-order chi connectivity index (χ1) is 11.7. The Morgan fingerprint density at radius 2 is 1.92 bits per heavy atom. The second kappa shape index (κ2) is 7.85. The number of hydrogen-bond acceptors (Lipinski definition) is 6. The first kappa shape index (κ1) is 16.4.